The third-order valence-electron chi connectivity index (χ3n) is 10.9. The van der Waals surface area contributed by atoms with E-state index >= 15 is 0 Å². The summed E-state index contributed by atoms with van der Waals surface area (Å²) >= 11 is 0. The minimum absolute atomic E-state index is 0.0184. The van der Waals surface area contributed by atoms with Gasteiger partial charge in [0.1, 0.15) is 0 Å². The van der Waals surface area contributed by atoms with Gasteiger partial charge in [0.15, 0.2) is 0 Å². The summed E-state index contributed by atoms with van der Waals surface area (Å²) in [5.74, 6) is -12.8. The Bertz CT molecular complexity index is 3190. The maximum Gasteiger partial charge on any atom is 0.336 e. The van der Waals surface area contributed by atoms with E-state index in [-0.39, 0.29) is 88.6 Å². The second-order valence-electron chi connectivity index (χ2n) is 14.5. The zero-order valence-corrected chi connectivity index (χ0v) is 31.7. The predicted octanol–water partition coefficient (Wildman–Crippen LogP) is 6.87. The van der Waals surface area contributed by atoms with Crippen LogP contribution in [0.25, 0.3) is 88.6 Å². The molecule has 20 nitrogen and oxygen atoms in total. The quantitative estimate of drug-likeness (QED) is 0.0744. The summed E-state index contributed by atoms with van der Waals surface area (Å²) < 4.78 is 0. The lowest BCUT2D eigenvalue weighted by molar-refractivity contribution is 0.0651. The van der Waals surface area contributed by atoms with E-state index in [1.54, 1.807) is 0 Å². The molecule has 0 aliphatic carbocycles. The molecule has 7 aromatic rings. The average molecular weight is 863 g/mol. The first-order chi connectivity index (χ1) is 30.3. The number of nitrogens with zero attached hydrogens (tertiary/aromatic N) is 2. The molecule has 0 radical (unpaired) electrons. The van der Waals surface area contributed by atoms with Gasteiger partial charge < -0.3 is 50.8 Å². The van der Waals surface area contributed by atoms with Gasteiger partial charge in [-0.3, -0.25) is 0 Å². The number of carboxylic acids is 8. The van der Waals surface area contributed by atoms with Gasteiger partial charge in [-0.15, -0.1) is 0 Å². The normalized spacial score (nSPS) is 11.5. The molecule has 5 heterocycles. The van der Waals surface area contributed by atoms with E-state index in [0.29, 0.717) is 0 Å². The standard InChI is InChI=1S/C44H22N4O16/c49-37(50)21-1-13-14(2-22(21)38(51)52)30-10-32-17-5-25(41(57)58)26(42(59)60)6-18(17)34(47-32)12-36-20-8-28(44(63)64)27(43(61)62)7-19(20)35(48-36)11-33-16-4-24(40(55)56)23(39(53)54)3-15(16)31(46-33)9-29(13)45-30/h1-12,45,48H,(H,49,50)(H,51,52)(H,53,54)(H,55,56)(H,57,58)(H,59,60)(H,61,62)(H,63,64). The van der Waals surface area contributed by atoms with Gasteiger partial charge in [-0.1, -0.05) is 0 Å². The molecule has 0 spiro atoms. The molecule has 0 saturated carbocycles. The number of benzene rings is 4. The molecule has 0 saturated heterocycles. The first kappa shape index (κ1) is 39.7. The molecule has 0 amide bonds. The number of hydrogen-bond acceptors (Lipinski definition) is 10. The van der Waals surface area contributed by atoms with Crippen LogP contribution in [0.15, 0.2) is 72.8 Å². The van der Waals surface area contributed by atoms with Gasteiger partial charge in [-0.25, -0.2) is 48.3 Å². The fourth-order valence-electron chi connectivity index (χ4n) is 8.06. The second-order valence-corrected chi connectivity index (χ2v) is 14.5. The lowest BCUT2D eigenvalue weighted by Crippen LogP contribution is -2.08. The number of carboxylic acid groups (broad SMARTS) is 8. The van der Waals surface area contributed by atoms with Crippen LogP contribution in [-0.4, -0.2) is 109 Å². The molecule has 9 rings (SSSR count). The van der Waals surface area contributed by atoms with Crippen molar-refractivity contribution in [2.75, 3.05) is 0 Å². The highest BCUT2D eigenvalue weighted by molar-refractivity contribution is 6.17. The predicted molar refractivity (Wildman–Crippen MR) is 221 cm³/mol. The Morgan fingerprint density at radius 1 is 0.281 bits per heavy atom. The molecule has 4 aromatic carbocycles. The first-order valence-electron chi connectivity index (χ1n) is 18.2. The van der Waals surface area contributed by atoms with Gasteiger partial charge in [-0.2, -0.15) is 0 Å². The summed E-state index contributed by atoms with van der Waals surface area (Å²) in [7, 11) is 0. The third kappa shape index (κ3) is 6.09. The molecule has 3 aromatic heterocycles. The Kier molecular flexibility index (Phi) is 8.64. The number of fused-ring (bicyclic) bond motifs is 20. The molecule has 64 heavy (non-hydrogen) atoms. The maximum atomic E-state index is 12.4. The van der Waals surface area contributed by atoms with Crippen molar-refractivity contribution in [1.29, 1.82) is 0 Å². The number of aromatic nitrogens is 4. The number of aromatic amines is 2. The molecule has 0 atom stereocenters. The zero-order valence-electron chi connectivity index (χ0n) is 31.7. The molecule has 2 aliphatic heterocycles. The molecular formula is C44H22N4O16. The van der Waals surface area contributed by atoms with E-state index in [1.807, 2.05) is 0 Å². The summed E-state index contributed by atoms with van der Waals surface area (Å²) in [6.07, 6.45) is 0. The fourth-order valence-corrected chi connectivity index (χ4v) is 8.06. The van der Waals surface area contributed by atoms with Crippen molar-refractivity contribution in [3.05, 3.63) is 117 Å². The van der Waals surface area contributed by atoms with Crippen LogP contribution in [-0.2, 0) is 0 Å². The molecule has 0 unspecified atom stereocenters. The highest BCUT2D eigenvalue weighted by Gasteiger charge is 2.29. The largest absolute Gasteiger partial charge is 0.478 e. The van der Waals surface area contributed by atoms with Gasteiger partial charge in [0.2, 0.25) is 0 Å². The van der Waals surface area contributed by atoms with Crippen LogP contribution in [0.2, 0.25) is 0 Å². The maximum absolute atomic E-state index is 12.4. The number of aromatic carboxylic acids is 8. The number of rotatable bonds is 8. The van der Waals surface area contributed by atoms with Gasteiger partial charge in [0.25, 0.3) is 0 Å². The van der Waals surface area contributed by atoms with Crippen molar-refractivity contribution in [3.63, 3.8) is 0 Å². The number of carbonyl (C=O) groups is 8. The van der Waals surface area contributed by atoms with Crippen LogP contribution >= 0.6 is 0 Å². The molecule has 10 N–H and O–H groups in total. The smallest absolute Gasteiger partial charge is 0.336 e. The Balaban J connectivity index is 1.55. The Morgan fingerprint density at radius 2 is 0.453 bits per heavy atom. The number of nitrogens with one attached hydrogen (secondary N) is 2. The lowest BCUT2D eigenvalue weighted by Gasteiger charge is -2.06. The Hall–Kier alpha value is -9.72. The van der Waals surface area contributed by atoms with E-state index in [1.165, 1.54) is 24.3 Å². The van der Waals surface area contributed by atoms with Crippen LogP contribution in [0.4, 0.5) is 0 Å². The van der Waals surface area contributed by atoms with Crippen LogP contribution in [0.1, 0.15) is 82.9 Å². The highest BCUT2D eigenvalue weighted by Crippen LogP contribution is 2.43. The molecule has 2 aliphatic rings. The van der Waals surface area contributed by atoms with Crippen LogP contribution in [0, 0.1) is 0 Å². The van der Waals surface area contributed by atoms with E-state index in [0.717, 1.165) is 48.5 Å². The van der Waals surface area contributed by atoms with Crippen molar-refractivity contribution < 1.29 is 79.2 Å². The van der Waals surface area contributed by atoms with Crippen molar-refractivity contribution >= 4 is 91.4 Å². The van der Waals surface area contributed by atoms with Crippen molar-refractivity contribution in [2.24, 2.45) is 0 Å². The molecule has 8 bridgehead atoms. The van der Waals surface area contributed by atoms with Crippen molar-refractivity contribution in [2.45, 2.75) is 0 Å². The van der Waals surface area contributed by atoms with Crippen molar-refractivity contribution in [1.82, 2.24) is 19.9 Å². The molecule has 314 valence electrons. The van der Waals surface area contributed by atoms with Gasteiger partial charge in [0.05, 0.1) is 67.3 Å². The Labute approximate surface area is 352 Å². The fraction of sp³-hybridized carbons (Fsp3) is 0. The average Bonchev–Trinajstić information content (AvgIpc) is 3.96. The second kappa shape index (κ2) is 13.9. The SMILES string of the molecule is O=C(O)c1cc2c(cc1C(=O)O)-c1cc3[nH]c(cc4nc(cc5[nH]c(cc-2n1)c1cc(C(=O)O)c(C(=O)O)cc51)-c1cc(C(=O)O)c(C(=O)O)cc1-4)c1cc(C(=O)O)c(C(=O)O)cc31. The van der Waals surface area contributed by atoms with E-state index in [2.05, 4.69) is 9.97 Å². The van der Waals surface area contributed by atoms with Gasteiger partial charge in [0, 0.05) is 65.9 Å². The topological polar surface area (TPSA) is 356 Å². The van der Waals surface area contributed by atoms with E-state index < -0.39 is 92.3 Å². The minimum Gasteiger partial charge on any atom is -0.478 e. The summed E-state index contributed by atoms with van der Waals surface area (Å²) in [5, 5.41) is 80.9. The summed E-state index contributed by atoms with van der Waals surface area (Å²) in [4.78, 5) is 115. The highest BCUT2D eigenvalue weighted by atomic mass is 16.4. The lowest BCUT2D eigenvalue weighted by atomic mass is 9.95. The van der Waals surface area contributed by atoms with Gasteiger partial charge >= 0.3 is 47.8 Å². The summed E-state index contributed by atoms with van der Waals surface area (Å²) in [6, 6.07) is 14.0. The van der Waals surface area contributed by atoms with Crippen LogP contribution in [0.3, 0.4) is 0 Å². The molecule has 0 fully saturated rings. The zero-order chi connectivity index (χ0) is 45.8. The van der Waals surface area contributed by atoms with Crippen LogP contribution < -0.4 is 0 Å². The number of hydrogen-bond donors (Lipinski definition) is 10. The first-order valence-corrected chi connectivity index (χ1v) is 18.2. The molecule has 20 heteroatoms. The van der Waals surface area contributed by atoms with E-state index in [9.17, 15) is 79.2 Å². The summed E-state index contributed by atoms with van der Waals surface area (Å²) in [6.45, 7) is 0. The summed E-state index contributed by atoms with van der Waals surface area (Å²) in [5.41, 5.74) is -4.54. The van der Waals surface area contributed by atoms with Gasteiger partial charge in [-0.05, 0) is 72.8 Å². The van der Waals surface area contributed by atoms with Crippen molar-refractivity contribution in [3.8, 4) is 45.0 Å². The molecular weight excluding hydrogens is 840 g/mol. The minimum atomic E-state index is -1.61. The van der Waals surface area contributed by atoms with E-state index in [4.69, 9.17) is 9.97 Å². The monoisotopic (exact) mass is 862 g/mol. The van der Waals surface area contributed by atoms with Crippen LogP contribution in [0.5, 0.6) is 0 Å². The third-order valence-corrected chi connectivity index (χ3v) is 10.9. The number of H-pyrrole nitrogens is 2. The Morgan fingerprint density at radius 3 is 0.625 bits per heavy atom.